The van der Waals surface area contributed by atoms with Crippen LogP contribution in [0.2, 0.25) is 5.28 Å². The van der Waals surface area contributed by atoms with Crippen LogP contribution in [-0.4, -0.2) is 40.3 Å². The maximum Gasteiger partial charge on any atom is 0.322 e. The lowest BCUT2D eigenvalue weighted by Crippen LogP contribution is -2.22. The Hall–Kier alpha value is -1.14. The third-order valence-corrected chi connectivity index (χ3v) is 2.14. The topological polar surface area (TPSA) is 69.2 Å². The lowest BCUT2D eigenvalue weighted by atomic mass is 10.2. The number of nitrogens with one attached hydrogen (secondary N) is 1. The second-order valence-corrected chi connectivity index (χ2v) is 5.28. The zero-order chi connectivity index (χ0) is 14.3. The normalized spacial score (nSPS) is 11.4. The van der Waals surface area contributed by atoms with Crippen LogP contribution in [0.4, 0.5) is 5.95 Å². The molecule has 0 aliphatic rings. The number of halogens is 1. The highest BCUT2D eigenvalue weighted by atomic mass is 35.5. The fraction of sp³-hybridized carbons (Fsp3) is 0.750. The summed E-state index contributed by atoms with van der Waals surface area (Å²) in [5.74, 6) is 0.425. The number of aromatic nitrogens is 3. The molecule has 7 heteroatoms. The standard InChI is InChI=1S/C12H21ClN4O2/c1-5-6-14-10-15-9(13)16-11(17-10)18-7-8-19-12(2,3)4/h5-8H2,1-4H3,(H,14,15,16,17). The zero-order valence-corrected chi connectivity index (χ0v) is 12.6. The Morgan fingerprint density at radius 3 is 2.53 bits per heavy atom. The van der Waals surface area contributed by atoms with Gasteiger partial charge in [-0.2, -0.15) is 15.0 Å². The first kappa shape index (κ1) is 15.9. The molecule has 0 saturated carbocycles. The van der Waals surface area contributed by atoms with Crippen molar-refractivity contribution in [1.82, 2.24) is 15.0 Å². The second kappa shape index (κ2) is 7.45. The molecule has 0 aliphatic carbocycles. The summed E-state index contributed by atoms with van der Waals surface area (Å²) in [6.07, 6.45) is 0.971. The molecule has 0 bridgehead atoms. The maximum atomic E-state index is 5.80. The smallest absolute Gasteiger partial charge is 0.322 e. The number of anilines is 1. The summed E-state index contributed by atoms with van der Waals surface area (Å²) in [5.41, 5.74) is -0.187. The first-order valence-electron chi connectivity index (χ1n) is 6.33. The first-order chi connectivity index (χ1) is 8.90. The van der Waals surface area contributed by atoms with E-state index in [0.717, 1.165) is 13.0 Å². The van der Waals surface area contributed by atoms with Crippen LogP contribution in [-0.2, 0) is 4.74 Å². The van der Waals surface area contributed by atoms with Crippen molar-refractivity contribution in [3.63, 3.8) is 0 Å². The molecule has 1 aromatic rings. The Morgan fingerprint density at radius 1 is 1.16 bits per heavy atom. The summed E-state index contributed by atoms with van der Waals surface area (Å²) in [7, 11) is 0. The second-order valence-electron chi connectivity index (χ2n) is 4.95. The van der Waals surface area contributed by atoms with Crippen molar-refractivity contribution in [2.45, 2.75) is 39.7 Å². The van der Waals surface area contributed by atoms with Gasteiger partial charge in [-0.05, 0) is 38.8 Å². The lowest BCUT2D eigenvalue weighted by molar-refractivity contribution is -0.0173. The van der Waals surface area contributed by atoms with Gasteiger partial charge in [0.05, 0.1) is 12.2 Å². The fourth-order valence-corrected chi connectivity index (χ4v) is 1.35. The average molecular weight is 289 g/mol. The van der Waals surface area contributed by atoms with E-state index in [1.54, 1.807) is 0 Å². The van der Waals surface area contributed by atoms with Gasteiger partial charge in [0.25, 0.3) is 0 Å². The Morgan fingerprint density at radius 2 is 1.89 bits per heavy atom. The largest absolute Gasteiger partial charge is 0.461 e. The molecular weight excluding hydrogens is 268 g/mol. The van der Waals surface area contributed by atoms with E-state index >= 15 is 0 Å². The van der Waals surface area contributed by atoms with Gasteiger partial charge in [0.15, 0.2) is 0 Å². The predicted octanol–water partition coefficient (Wildman–Crippen LogP) is 2.54. The highest BCUT2D eigenvalue weighted by Gasteiger charge is 2.10. The van der Waals surface area contributed by atoms with Crippen molar-refractivity contribution < 1.29 is 9.47 Å². The molecule has 0 unspecified atom stereocenters. The number of nitrogens with zero attached hydrogens (tertiary/aromatic N) is 3. The Balaban J connectivity index is 2.46. The van der Waals surface area contributed by atoms with Crippen LogP contribution in [0.1, 0.15) is 34.1 Å². The summed E-state index contributed by atoms with van der Waals surface area (Å²) >= 11 is 5.80. The van der Waals surface area contributed by atoms with Crippen LogP contribution < -0.4 is 10.1 Å². The van der Waals surface area contributed by atoms with Crippen molar-refractivity contribution in [2.75, 3.05) is 25.1 Å². The minimum absolute atomic E-state index is 0.111. The van der Waals surface area contributed by atoms with E-state index in [2.05, 4.69) is 27.2 Å². The Kier molecular flexibility index (Phi) is 6.24. The summed E-state index contributed by atoms with van der Waals surface area (Å²) in [6, 6.07) is 0.205. The Labute approximate surface area is 118 Å². The number of rotatable bonds is 7. The van der Waals surface area contributed by atoms with Gasteiger partial charge >= 0.3 is 6.01 Å². The monoisotopic (exact) mass is 288 g/mol. The van der Waals surface area contributed by atoms with E-state index in [9.17, 15) is 0 Å². The van der Waals surface area contributed by atoms with E-state index in [0.29, 0.717) is 19.2 Å². The van der Waals surface area contributed by atoms with Crippen molar-refractivity contribution in [3.05, 3.63) is 5.28 Å². The summed E-state index contributed by atoms with van der Waals surface area (Å²) in [4.78, 5) is 12.0. The van der Waals surface area contributed by atoms with E-state index in [4.69, 9.17) is 21.1 Å². The molecule has 108 valence electrons. The van der Waals surface area contributed by atoms with Crippen molar-refractivity contribution >= 4 is 17.5 Å². The molecule has 0 atom stereocenters. The first-order valence-corrected chi connectivity index (χ1v) is 6.70. The number of ether oxygens (including phenoxy) is 2. The van der Waals surface area contributed by atoms with E-state index < -0.39 is 0 Å². The Bertz CT molecular complexity index is 396. The maximum absolute atomic E-state index is 5.80. The summed E-state index contributed by atoms with van der Waals surface area (Å²) in [6.45, 7) is 9.61. The van der Waals surface area contributed by atoms with Crippen molar-refractivity contribution in [1.29, 1.82) is 0 Å². The minimum Gasteiger partial charge on any atom is -0.461 e. The number of hydrogen-bond donors (Lipinski definition) is 1. The van der Waals surface area contributed by atoms with E-state index in [-0.39, 0.29) is 16.9 Å². The van der Waals surface area contributed by atoms with E-state index in [1.165, 1.54) is 0 Å². The van der Waals surface area contributed by atoms with Gasteiger partial charge < -0.3 is 14.8 Å². The molecule has 0 amide bonds. The number of hydrogen-bond acceptors (Lipinski definition) is 6. The van der Waals surface area contributed by atoms with Crippen LogP contribution in [0.5, 0.6) is 6.01 Å². The molecule has 19 heavy (non-hydrogen) atoms. The van der Waals surface area contributed by atoms with Gasteiger partial charge in [0.1, 0.15) is 6.61 Å². The predicted molar refractivity (Wildman–Crippen MR) is 74.8 cm³/mol. The van der Waals surface area contributed by atoms with Gasteiger partial charge in [-0.3, -0.25) is 0 Å². The van der Waals surface area contributed by atoms with Gasteiger partial charge in [-0.1, -0.05) is 6.92 Å². The molecule has 0 aliphatic heterocycles. The highest BCUT2D eigenvalue weighted by Crippen LogP contribution is 2.12. The molecule has 0 spiro atoms. The van der Waals surface area contributed by atoms with E-state index in [1.807, 2.05) is 20.8 Å². The molecule has 1 rings (SSSR count). The average Bonchev–Trinajstić information content (AvgIpc) is 2.30. The third kappa shape index (κ3) is 7.12. The SMILES string of the molecule is CCCNc1nc(Cl)nc(OCCOC(C)(C)C)n1. The van der Waals surface area contributed by atoms with Crippen LogP contribution in [0.25, 0.3) is 0 Å². The summed E-state index contributed by atoms with van der Waals surface area (Å²) in [5, 5.41) is 3.14. The quantitative estimate of drug-likeness (QED) is 0.778. The zero-order valence-electron chi connectivity index (χ0n) is 11.9. The molecule has 6 nitrogen and oxygen atoms in total. The molecule has 0 saturated heterocycles. The molecule has 1 aromatic heterocycles. The van der Waals surface area contributed by atoms with Gasteiger partial charge in [-0.25, -0.2) is 0 Å². The molecule has 1 N–H and O–H groups in total. The molecule has 1 heterocycles. The van der Waals surface area contributed by atoms with Crippen LogP contribution in [0.15, 0.2) is 0 Å². The lowest BCUT2D eigenvalue weighted by Gasteiger charge is -2.19. The minimum atomic E-state index is -0.187. The molecule has 0 aromatic carbocycles. The van der Waals surface area contributed by atoms with Gasteiger partial charge in [0, 0.05) is 6.54 Å². The van der Waals surface area contributed by atoms with Crippen molar-refractivity contribution in [3.8, 4) is 6.01 Å². The van der Waals surface area contributed by atoms with Crippen LogP contribution >= 0.6 is 11.6 Å². The van der Waals surface area contributed by atoms with Gasteiger partial charge in [-0.15, -0.1) is 0 Å². The molecule has 0 fully saturated rings. The van der Waals surface area contributed by atoms with Gasteiger partial charge in [0.2, 0.25) is 11.2 Å². The molecular formula is C12H21ClN4O2. The van der Waals surface area contributed by atoms with Crippen LogP contribution in [0, 0.1) is 0 Å². The summed E-state index contributed by atoms with van der Waals surface area (Å²) < 4.78 is 10.9. The molecule has 0 radical (unpaired) electrons. The van der Waals surface area contributed by atoms with Crippen LogP contribution in [0.3, 0.4) is 0 Å². The third-order valence-electron chi connectivity index (χ3n) is 1.97. The highest BCUT2D eigenvalue weighted by molar-refractivity contribution is 6.28. The fourth-order valence-electron chi connectivity index (χ4n) is 1.19. The van der Waals surface area contributed by atoms with Crippen molar-refractivity contribution in [2.24, 2.45) is 0 Å².